The minimum absolute atomic E-state index is 0.0490. The Hall–Kier alpha value is -1.13. The molecule has 2 aliphatic carbocycles. The van der Waals surface area contributed by atoms with Gasteiger partial charge < -0.3 is 14.9 Å². The number of esters is 1. The van der Waals surface area contributed by atoms with Gasteiger partial charge in [-0.3, -0.25) is 0 Å². The van der Waals surface area contributed by atoms with E-state index in [-0.39, 0.29) is 29.8 Å². The number of hydrogen-bond acceptors (Lipinski definition) is 4. The van der Waals surface area contributed by atoms with Crippen molar-refractivity contribution in [1.82, 2.24) is 0 Å². The molecule has 0 aromatic carbocycles. The molecule has 19 heavy (non-hydrogen) atoms. The Morgan fingerprint density at radius 2 is 2.21 bits per heavy atom. The Labute approximate surface area is 112 Å². The molecule has 0 aromatic heterocycles. The van der Waals surface area contributed by atoms with Crippen molar-refractivity contribution in [2.75, 3.05) is 0 Å². The van der Waals surface area contributed by atoms with Crippen LogP contribution in [-0.2, 0) is 9.53 Å². The fourth-order valence-corrected chi connectivity index (χ4v) is 4.08. The third-order valence-electron chi connectivity index (χ3n) is 5.08. The summed E-state index contributed by atoms with van der Waals surface area (Å²) in [6.45, 7) is 7.54. The van der Waals surface area contributed by atoms with Gasteiger partial charge in [0.25, 0.3) is 0 Å². The fraction of sp³-hybridized carbons (Fsp3) is 0.667. The predicted molar refractivity (Wildman–Crippen MR) is 69.1 cm³/mol. The summed E-state index contributed by atoms with van der Waals surface area (Å²) in [6, 6.07) is 0. The highest BCUT2D eigenvalue weighted by atomic mass is 16.5. The molecule has 0 amide bonds. The van der Waals surface area contributed by atoms with E-state index in [2.05, 4.69) is 6.58 Å². The predicted octanol–water partition coefficient (Wildman–Crippen LogP) is 1.18. The van der Waals surface area contributed by atoms with Gasteiger partial charge in [-0.2, -0.15) is 0 Å². The summed E-state index contributed by atoms with van der Waals surface area (Å²) < 4.78 is 5.32. The van der Waals surface area contributed by atoms with E-state index in [0.717, 1.165) is 5.57 Å². The average Bonchev–Trinajstić information content (AvgIpc) is 2.61. The first-order valence-corrected chi connectivity index (χ1v) is 6.80. The van der Waals surface area contributed by atoms with Gasteiger partial charge in [-0.05, 0) is 32.3 Å². The maximum atomic E-state index is 11.6. The van der Waals surface area contributed by atoms with Crippen LogP contribution in [0.25, 0.3) is 0 Å². The minimum atomic E-state index is -0.903. The van der Waals surface area contributed by atoms with Crippen LogP contribution in [0.3, 0.4) is 0 Å². The molecule has 1 saturated heterocycles. The topological polar surface area (TPSA) is 66.8 Å². The Morgan fingerprint density at radius 3 is 2.89 bits per heavy atom. The number of fused-ring (bicyclic) bond motifs is 2. The molecule has 2 N–H and O–H groups in total. The molecule has 1 aliphatic heterocycles. The lowest BCUT2D eigenvalue weighted by Crippen LogP contribution is -2.33. The van der Waals surface area contributed by atoms with Crippen LogP contribution >= 0.6 is 0 Å². The van der Waals surface area contributed by atoms with Crippen molar-refractivity contribution < 1.29 is 19.7 Å². The van der Waals surface area contributed by atoms with Crippen molar-refractivity contribution in [2.45, 2.75) is 44.5 Å². The van der Waals surface area contributed by atoms with Crippen molar-refractivity contribution in [3.8, 4) is 0 Å². The van der Waals surface area contributed by atoms with Gasteiger partial charge >= 0.3 is 5.97 Å². The van der Waals surface area contributed by atoms with E-state index in [0.29, 0.717) is 18.4 Å². The van der Waals surface area contributed by atoms with Crippen LogP contribution in [-0.4, -0.2) is 34.0 Å². The fourth-order valence-electron chi connectivity index (χ4n) is 4.08. The number of hydrogen-bond donors (Lipinski definition) is 2. The van der Waals surface area contributed by atoms with E-state index in [1.54, 1.807) is 6.92 Å². The zero-order chi connectivity index (χ0) is 13.9. The van der Waals surface area contributed by atoms with Crippen molar-refractivity contribution in [1.29, 1.82) is 0 Å². The number of aliphatic hydroxyl groups is 2. The van der Waals surface area contributed by atoms with Gasteiger partial charge in [0, 0.05) is 23.8 Å². The lowest BCUT2D eigenvalue weighted by atomic mass is 9.78. The molecule has 4 heteroatoms. The van der Waals surface area contributed by atoms with Gasteiger partial charge in [-0.1, -0.05) is 12.2 Å². The first-order valence-electron chi connectivity index (χ1n) is 6.80. The van der Waals surface area contributed by atoms with Crippen molar-refractivity contribution in [3.63, 3.8) is 0 Å². The SMILES string of the molecule is C=C1C(=O)OC2C=C(C)C3C(O)C[C@@](C)(O)C3CC12. The second kappa shape index (κ2) is 3.93. The van der Waals surface area contributed by atoms with Gasteiger partial charge in [0.15, 0.2) is 0 Å². The number of carbonyl (C=O) groups is 1. The summed E-state index contributed by atoms with van der Waals surface area (Å²) in [5, 5.41) is 20.7. The number of carbonyl (C=O) groups excluding carboxylic acids is 1. The number of aliphatic hydroxyl groups excluding tert-OH is 1. The van der Waals surface area contributed by atoms with Crippen molar-refractivity contribution >= 4 is 5.97 Å². The quantitative estimate of drug-likeness (QED) is 0.392. The van der Waals surface area contributed by atoms with E-state index in [9.17, 15) is 15.0 Å². The number of rotatable bonds is 0. The molecular formula is C15H20O4. The molecule has 0 radical (unpaired) electrons. The third kappa shape index (κ3) is 1.77. The first-order chi connectivity index (χ1) is 8.81. The summed E-state index contributed by atoms with van der Waals surface area (Å²) >= 11 is 0. The highest BCUT2D eigenvalue weighted by molar-refractivity contribution is 5.91. The Balaban J connectivity index is 2.01. The van der Waals surface area contributed by atoms with Crippen LogP contribution < -0.4 is 0 Å². The zero-order valence-corrected chi connectivity index (χ0v) is 11.3. The molecule has 6 atom stereocenters. The van der Waals surface area contributed by atoms with Gasteiger partial charge in [-0.25, -0.2) is 4.79 Å². The molecule has 1 heterocycles. The molecular weight excluding hydrogens is 244 g/mol. The standard InChI is InChI=1S/C15H20O4/c1-7-4-12-9(8(2)14(17)19-12)5-10-13(7)11(16)6-15(10,3)18/h4,9-13,16,18H,2,5-6H2,1,3H3/t9?,10?,11?,12?,13?,15-/m1/s1. The minimum Gasteiger partial charge on any atom is -0.454 e. The van der Waals surface area contributed by atoms with Crippen LogP contribution in [0.5, 0.6) is 0 Å². The third-order valence-corrected chi connectivity index (χ3v) is 5.08. The van der Waals surface area contributed by atoms with E-state index < -0.39 is 11.7 Å². The van der Waals surface area contributed by atoms with Gasteiger partial charge in [-0.15, -0.1) is 0 Å². The highest BCUT2D eigenvalue weighted by Crippen LogP contribution is 2.51. The second-order valence-corrected chi connectivity index (χ2v) is 6.41. The molecule has 0 spiro atoms. The second-order valence-electron chi connectivity index (χ2n) is 6.41. The van der Waals surface area contributed by atoms with Crippen LogP contribution in [0.1, 0.15) is 26.7 Å². The monoisotopic (exact) mass is 264 g/mol. The molecule has 104 valence electrons. The molecule has 2 fully saturated rings. The smallest absolute Gasteiger partial charge is 0.334 e. The van der Waals surface area contributed by atoms with E-state index in [4.69, 9.17) is 4.74 Å². The van der Waals surface area contributed by atoms with E-state index in [1.807, 2.05) is 13.0 Å². The van der Waals surface area contributed by atoms with Crippen LogP contribution in [0.2, 0.25) is 0 Å². The van der Waals surface area contributed by atoms with Gasteiger partial charge in [0.2, 0.25) is 0 Å². The van der Waals surface area contributed by atoms with Crippen molar-refractivity contribution in [2.24, 2.45) is 17.8 Å². The van der Waals surface area contributed by atoms with Crippen LogP contribution in [0, 0.1) is 17.8 Å². The lowest BCUT2D eigenvalue weighted by Gasteiger charge is -2.30. The summed E-state index contributed by atoms with van der Waals surface area (Å²) in [5.41, 5.74) is 0.595. The Morgan fingerprint density at radius 1 is 1.53 bits per heavy atom. The van der Waals surface area contributed by atoms with E-state index >= 15 is 0 Å². The molecule has 3 rings (SSSR count). The average molecular weight is 264 g/mol. The summed E-state index contributed by atoms with van der Waals surface area (Å²) in [6.07, 6.45) is 2.13. The highest BCUT2D eigenvalue weighted by Gasteiger charge is 2.54. The molecule has 1 saturated carbocycles. The van der Waals surface area contributed by atoms with Crippen LogP contribution in [0.15, 0.2) is 23.8 Å². The van der Waals surface area contributed by atoms with E-state index in [1.165, 1.54) is 0 Å². The first kappa shape index (κ1) is 12.9. The lowest BCUT2D eigenvalue weighted by molar-refractivity contribution is -0.137. The molecule has 3 aliphatic rings. The Bertz CT molecular complexity index is 477. The molecule has 4 nitrogen and oxygen atoms in total. The molecule has 5 unspecified atom stereocenters. The van der Waals surface area contributed by atoms with Crippen LogP contribution in [0.4, 0.5) is 0 Å². The Kier molecular flexibility index (Phi) is 2.67. The normalized spacial score (nSPS) is 49.3. The largest absolute Gasteiger partial charge is 0.454 e. The summed E-state index contributed by atoms with van der Waals surface area (Å²) in [5.74, 6) is -0.517. The number of ether oxygens (including phenoxy) is 1. The molecule has 0 bridgehead atoms. The van der Waals surface area contributed by atoms with Gasteiger partial charge in [0.05, 0.1) is 11.7 Å². The van der Waals surface area contributed by atoms with Gasteiger partial charge in [0.1, 0.15) is 6.10 Å². The maximum absolute atomic E-state index is 11.6. The zero-order valence-electron chi connectivity index (χ0n) is 11.3. The summed E-state index contributed by atoms with van der Waals surface area (Å²) in [4.78, 5) is 11.6. The van der Waals surface area contributed by atoms with Crippen molar-refractivity contribution in [3.05, 3.63) is 23.8 Å². The summed E-state index contributed by atoms with van der Waals surface area (Å²) in [7, 11) is 0. The maximum Gasteiger partial charge on any atom is 0.334 e. The molecule has 0 aromatic rings.